The van der Waals surface area contributed by atoms with E-state index in [0.717, 1.165) is 71.1 Å². The Hall–Kier alpha value is -7.72. The van der Waals surface area contributed by atoms with E-state index in [-0.39, 0.29) is 0 Å². The number of hydrogen-bond donors (Lipinski definition) is 0. The molecule has 0 aliphatic heterocycles. The summed E-state index contributed by atoms with van der Waals surface area (Å²) in [7, 11) is 0. The van der Waals surface area contributed by atoms with Crippen LogP contribution in [0.5, 0.6) is 0 Å². The molecule has 0 amide bonds. The van der Waals surface area contributed by atoms with Gasteiger partial charge in [0.05, 0.1) is 28.4 Å². The van der Waals surface area contributed by atoms with Gasteiger partial charge in [0.15, 0.2) is 17.5 Å². The van der Waals surface area contributed by atoms with E-state index in [1.165, 1.54) is 15.5 Å². The van der Waals surface area contributed by atoms with Crippen LogP contribution in [-0.4, -0.2) is 19.5 Å². The third-order valence-electron chi connectivity index (χ3n) is 10.9. The Balaban J connectivity index is 1.11. The molecule has 0 saturated heterocycles. The Morgan fingerprint density at radius 1 is 0.414 bits per heavy atom. The van der Waals surface area contributed by atoms with E-state index < -0.39 is 0 Å². The summed E-state index contributed by atoms with van der Waals surface area (Å²) in [4.78, 5) is 15.5. The van der Waals surface area contributed by atoms with Crippen molar-refractivity contribution in [2.75, 3.05) is 0 Å². The van der Waals surface area contributed by atoms with Gasteiger partial charge in [-0.2, -0.15) is 5.26 Å². The van der Waals surface area contributed by atoms with Gasteiger partial charge < -0.3 is 4.57 Å². The van der Waals surface area contributed by atoms with Crippen molar-refractivity contribution in [3.8, 4) is 68.2 Å². The second-order valence-corrected chi connectivity index (χ2v) is 15.4. The average molecular weight is 758 g/mol. The molecule has 3 heterocycles. The number of para-hydroxylation sites is 2. The zero-order valence-electron chi connectivity index (χ0n) is 31.0. The van der Waals surface area contributed by atoms with Crippen molar-refractivity contribution in [2.45, 2.75) is 0 Å². The summed E-state index contributed by atoms with van der Waals surface area (Å²) in [6.07, 6.45) is 0. The topological polar surface area (TPSA) is 67.4 Å². The highest BCUT2D eigenvalue weighted by Crippen LogP contribution is 2.42. The van der Waals surface area contributed by atoms with Gasteiger partial charge in [-0.3, -0.25) is 0 Å². The largest absolute Gasteiger partial charge is 0.309 e. The van der Waals surface area contributed by atoms with Crippen LogP contribution in [0, 0.1) is 11.3 Å². The van der Waals surface area contributed by atoms with Gasteiger partial charge in [-0.15, -0.1) is 11.3 Å². The number of fused-ring (bicyclic) bond motifs is 6. The molecule has 8 aromatic carbocycles. The lowest BCUT2D eigenvalue weighted by atomic mass is 10.00. The second kappa shape index (κ2) is 13.8. The molecule has 11 rings (SSSR count). The lowest BCUT2D eigenvalue weighted by Crippen LogP contribution is -2.02. The maximum atomic E-state index is 9.59. The summed E-state index contributed by atoms with van der Waals surface area (Å²) < 4.78 is 4.71. The van der Waals surface area contributed by atoms with Crippen molar-refractivity contribution in [2.24, 2.45) is 0 Å². The van der Waals surface area contributed by atoms with Crippen LogP contribution in [0.15, 0.2) is 188 Å². The van der Waals surface area contributed by atoms with E-state index in [2.05, 4.69) is 156 Å². The van der Waals surface area contributed by atoms with Gasteiger partial charge >= 0.3 is 0 Å². The Kier molecular flexibility index (Phi) is 7.99. The second-order valence-electron chi connectivity index (χ2n) is 14.3. The van der Waals surface area contributed by atoms with E-state index in [4.69, 9.17) is 15.0 Å². The van der Waals surface area contributed by atoms with Crippen LogP contribution in [0.4, 0.5) is 0 Å². The molecule has 0 saturated carbocycles. The smallest absolute Gasteiger partial charge is 0.164 e. The SMILES string of the molecule is N#Cc1ccc2sc3c(-c4cccc(-c5nc(-c6ccccc6)nc(-c6ccc(-c7ccccc7)c(-n7c8ccccc8c8ccccc87)c6)n5)c4)cccc3c2c1. The Labute approximate surface area is 338 Å². The summed E-state index contributed by atoms with van der Waals surface area (Å²) in [5.41, 5.74) is 11.1. The molecular formula is C52H31N5S. The van der Waals surface area contributed by atoms with Crippen LogP contribution in [0.25, 0.3) is 104 Å². The molecule has 270 valence electrons. The van der Waals surface area contributed by atoms with Crippen LogP contribution in [0.2, 0.25) is 0 Å². The molecule has 0 radical (unpaired) electrons. The summed E-state index contributed by atoms with van der Waals surface area (Å²) in [5, 5.41) is 14.2. The zero-order valence-corrected chi connectivity index (χ0v) is 31.9. The Bertz CT molecular complexity index is 3360. The predicted octanol–water partition coefficient (Wildman–Crippen LogP) is 13.5. The molecule has 0 bridgehead atoms. The minimum atomic E-state index is 0.593. The lowest BCUT2D eigenvalue weighted by molar-refractivity contribution is 1.07. The molecule has 0 N–H and O–H groups in total. The number of hydrogen-bond acceptors (Lipinski definition) is 5. The number of aromatic nitrogens is 4. The fourth-order valence-corrected chi connectivity index (χ4v) is 9.39. The van der Waals surface area contributed by atoms with Gasteiger partial charge in [-0.25, -0.2) is 15.0 Å². The number of nitriles is 1. The predicted molar refractivity (Wildman–Crippen MR) is 239 cm³/mol. The van der Waals surface area contributed by atoms with Crippen molar-refractivity contribution in [1.82, 2.24) is 19.5 Å². The molecule has 5 nitrogen and oxygen atoms in total. The quantitative estimate of drug-likeness (QED) is 0.169. The van der Waals surface area contributed by atoms with E-state index in [9.17, 15) is 5.26 Å². The van der Waals surface area contributed by atoms with Crippen LogP contribution in [0.3, 0.4) is 0 Å². The molecule has 11 aromatic rings. The first-order valence-electron chi connectivity index (χ1n) is 19.2. The first-order valence-corrected chi connectivity index (χ1v) is 20.0. The Morgan fingerprint density at radius 3 is 1.69 bits per heavy atom. The summed E-state index contributed by atoms with van der Waals surface area (Å²) >= 11 is 1.75. The maximum absolute atomic E-state index is 9.59. The number of thiophene rings is 1. The van der Waals surface area contributed by atoms with Crippen LogP contribution in [0.1, 0.15) is 5.56 Å². The third kappa shape index (κ3) is 5.64. The number of benzene rings is 8. The van der Waals surface area contributed by atoms with Crippen molar-refractivity contribution in [3.05, 3.63) is 194 Å². The molecule has 0 aliphatic rings. The van der Waals surface area contributed by atoms with E-state index in [1.807, 2.05) is 42.5 Å². The van der Waals surface area contributed by atoms with E-state index >= 15 is 0 Å². The fourth-order valence-electron chi connectivity index (χ4n) is 8.17. The molecule has 0 spiro atoms. The molecule has 0 aliphatic carbocycles. The Morgan fingerprint density at radius 2 is 0.983 bits per heavy atom. The normalized spacial score (nSPS) is 11.4. The molecule has 0 fully saturated rings. The van der Waals surface area contributed by atoms with Gasteiger partial charge in [0.2, 0.25) is 0 Å². The van der Waals surface area contributed by atoms with Crippen molar-refractivity contribution in [1.29, 1.82) is 5.26 Å². The summed E-state index contributed by atoms with van der Waals surface area (Å²) in [6, 6.07) is 67.5. The highest BCUT2D eigenvalue weighted by Gasteiger charge is 2.19. The van der Waals surface area contributed by atoms with Gasteiger partial charge in [-0.05, 0) is 59.2 Å². The van der Waals surface area contributed by atoms with Gasteiger partial charge in [0.25, 0.3) is 0 Å². The number of rotatable bonds is 6. The first-order chi connectivity index (χ1) is 28.7. The minimum absolute atomic E-state index is 0.593. The molecule has 0 atom stereocenters. The van der Waals surface area contributed by atoms with Gasteiger partial charge in [0.1, 0.15) is 0 Å². The van der Waals surface area contributed by atoms with Gasteiger partial charge in [-0.1, -0.05) is 146 Å². The summed E-state index contributed by atoms with van der Waals surface area (Å²) in [6.45, 7) is 0. The summed E-state index contributed by atoms with van der Waals surface area (Å²) in [5.74, 6) is 1.80. The molecule has 58 heavy (non-hydrogen) atoms. The van der Waals surface area contributed by atoms with E-state index in [0.29, 0.717) is 23.0 Å². The van der Waals surface area contributed by atoms with Crippen LogP contribution < -0.4 is 0 Å². The maximum Gasteiger partial charge on any atom is 0.164 e. The van der Waals surface area contributed by atoms with Crippen LogP contribution >= 0.6 is 11.3 Å². The fraction of sp³-hybridized carbons (Fsp3) is 0. The van der Waals surface area contributed by atoms with Crippen molar-refractivity contribution in [3.63, 3.8) is 0 Å². The first kappa shape index (κ1) is 33.6. The monoisotopic (exact) mass is 757 g/mol. The molecular weight excluding hydrogens is 727 g/mol. The number of nitrogens with zero attached hydrogens (tertiary/aromatic N) is 5. The molecule has 6 heteroatoms. The van der Waals surface area contributed by atoms with Crippen molar-refractivity contribution >= 4 is 53.3 Å². The van der Waals surface area contributed by atoms with Crippen LogP contribution in [-0.2, 0) is 0 Å². The van der Waals surface area contributed by atoms with E-state index in [1.54, 1.807) is 11.3 Å². The lowest BCUT2D eigenvalue weighted by Gasteiger charge is -2.16. The standard InChI is InChI=1S/C52H31N5S/c53-32-33-25-28-48-44(29-33)43-22-12-21-40(49(43)58-48)36-17-11-18-37(30-36)51-54-50(35-15-5-2-6-16-35)55-52(56-51)38-26-27-39(34-13-3-1-4-14-34)47(31-38)57-45-23-9-7-19-41(45)42-20-8-10-24-46(42)57/h1-31H. The average Bonchev–Trinajstić information content (AvgIpc) is 3.85. The third-order valence-corrected chi connectivity index (χ3v) is 12.1. The zero-order chi connectivity index (χ0) is 38.6. The minimum Gasteiger partial charge on any atom is -0.309 e. The molecule has 0 unspecified atom stereocenters. The molecule has 3 aromatic heterocycles. The van der Waals surface area contributed by atoms with Crippen molar-refractivity contribution < 1.29 is 0 Å². The highest BCUT2D eigenvalue weighted by molar-refractivity contribution is 7.26. The highest BCUT2D eigenvalue weighted by atomic mass is 32.1. The van der Waals surface area contributed by atoms with Gasteiger partial charge in [0, 0.05) is 53.2 Å².